The van der Waals surface area contributed by atoms with E-state index < -0.39 is 0 Å². The maximum Gasteiger partial charge on any atom is 0.189 e. The number of hydrogen-bond donors (Lipinski definition) is 0. The molecule has 0 spiro atoms. The maximum absolute atomic E-state index is 12.0. The lowest BCUT2D eigenvalue weighted by atomic mass is 10.2. The number of aromatic nitrogens is 3. The molecule has 3 rings (SSSR count). The molecule has 3 aliphatic rings. The molecule has 1 aliphatic carbocycles. The molecule has 2 aliphatic heterocycles. The van der Waals surface area contributed by atoms with Crippen LogP contribution in [0.3, 0.4) is 0 Å². The Balaban J connectivity index is 2.60. The van der Waals surface area contributed by atoms with Crippen LogP contribution in [0.4, 0.5) is 0 Å². The van der Waals surface area contributed by atoms with Gasteiger partial charge in [-0.2, -0.15) is 0 Å². The van der Waals surface area contributed by atoms with Crippen molar-refractivity contribution in [3.05, 3.63) is 44.1 Å². The van der Waals surface area contributed by atoms with E-state index in [1.807, 2.05) is 13.0 Å². The van der Waals surface area contributed by atoms with E-state index in [2.05, 4.69) is 20.8 Å². The third kappa shape index (κ3) is 1.46. The summed E-state index contributed by atoms with van der Waals surface area (Å²) < 4.78 is 3.08. The average molecular weight is 245 g/mol. The molecule has 0 saturated carbocycles. The van der Waals surface area contributed by atoms with Gasteiger partial charge >= 0.3 is 0 Å². The van der Waals surface area contributed by atoms with Gasteiger partial charge in [0.15, 0.2) is 5.43 Å². The quantitative estimate of drug-likeness (QED) is 0.657. The van der Waals surface area contributed by atoms with Gasteiger partial charge < -0.3 is 3.96 Å². The van der Waals surface area contributed by atoms with E-state index in [9.17, 15) is 4.79 Å². The van der Waals surface area contributed by atoms with Crippen LogP contribution in [0.15, 0.2) is 23.3 Å². The van der Waals surface area contributed by atoms with Crippen molar-refractivity contribution in [3.63, 3.8) is 0 Å². The van der Waals surface area contributed by atoms with Crippen LogP contribution in [-0.2, 0) is 6.54 Å². The van der Waals surface area contributed by atoms with Gasteiger partial charge in [-0.15, -0.1) is 0 Å². The SMILES string of the molecule is CCn1sc2c3ncnc-3cc(=O)c=2cc1C. The summed E-state index contributed by atoms with van der Waals surface area (Å²) in [6, 6.07) is 3.50. The molecule has 0 atom stereocenters. The number of fused-ring (bicyclic) bond motifs is 2. The standard InChI is InChI=1S/C12H11N3OS/c1-3-15-7(2)4-8-10(16)5-9-11(12(8)17-15)14-6-13-9/h4-6H,3H2,1-2H3. The molecule has 5 heteroatoms. The van der Waals surface area contributed by atoms with Crippen LogP contribution in [-0.4, -0.2) is 13.9 Å². The fourth-order valence-electron chi connectivity index (χ4n) is 2.00. The van der Waals surface area contributed by atoms with E-state index in [0.29, 0.717) is 5.69 Å². The van der Waals surface area contributed by atoms with E-state index in [4.69, 9.17) is 0 Å². The highest BCUT2D eigenvalue weighted by molar-refractivity contribution is 7.04. The highest BCUT2D eigenvalue weighted by Crippen LogP contribution is 2.20. The summed E-state index contributed by atoms with van der Waals surface area (Å²) in [4.78, 5) is 20.3. The molecule has 0 aromatic carbocycles. The topological polar surface area (TPSA) is 47.8 Å². The van der Waals surface area contributed by atoms with Gasteiger partial charge in [-0.1, -0.05) is 11.5 Å². The Morgan fingerprint density at radius 2 is 2.18 bits per heavy atom. The van der Waals surface area contributed by atoms with Gasteiger partial charge in [-0.05, 0) is 19.9 Å². The zero-order valence-electron chi connectivity index (χ0n) is 9.60. The van der Waals surface area contributed by atoms with Crippen molar-refractivity contribution >= 4 is 11.5 Å². The number of nitrogens with zero attached hydrogens (tertiary/aromatic N) is 3. The Morgan fingerprint density at radius 3 is 2.94 bits per heavy atom. The third-order valence-electron chi connectivity index (χ3n) is 2.85. The van der Waals surface area contributed by atoms with E-state index in [1.54, 1.807) is 17.6 Å². The van der Waals surface area contributed by atoms with Crippen molar-refractivity contribution in [3.8, 4) is 11.4 Å². The summed E-state index contributed by atoms with van der Waals surface area (Å²) in [5, 5.41) is 0.741. The fraction of sp³-hybridized carbons (Fsp3) is 0.250. The van der Waals surface area contributed by atoms with Crippen molar-refractivity contribution in [2.75, 3.05) is 0 Å². The summed E-state index contributed by atoms with van der Waals surface area (Å²) in [7, 11) is 0. The van der Waals surface area contributed by atoms with Crippen LogP contribution in [0.5, 0.6) is 0 Å². The largest absolute Gasteiger partial charge is 0.302 e. The molecular weight excluding hydrogens is 234 g/mol. The average Bonchev–Trinajstić information content (AvgIpc) is 2.77. The first-order valence-electron chi connectivity index (χ1n) is 5.46. The number of aryl methyl sites for hydroxylation is 2. The monoisotopic (exact) mass is 245 g/mol. The molecule has 17 heavy (non-hydrogen) atoms. The Bertz CT molecular complexity index is 774. The van der Waals surface area contributed by atoms with Crippen LogP contribution in [0, 0.1) is 16.7 Å². The Morgan fingerprint density at radius 1 is 1.35 bits per heavy atom. The highest BCUT2D eigenvalue weighted by atomic mass is 32.1. The van der Waals surface area contributed by atoms with E-state index in [-0.39, 0.29) is 5.43 Å². The molecule has 0 fully saturated rings. The molecule has 0 unspecified atom stereocenters. The number of rotatable bonds is 1. The van der Waals surface area contributed by atoms with Crippen LogP contribution < -0.4 is 5.43 Å². The smallest absolute Gasteiger partial charge is 0.189 e. The summed E-state index contributed by atoms with van der Waals surface area (Å²) in [5.41, 5.74) is 2.63. The van der Waals surface area contributed by atoms with Gasteiger partial charge in [0, 0.05) is 23.5 Å². The van der Waals surface area contributed by atoms with E-state index in [1.165, 1.54) is 6.33 Å². The summed E-state index contributed by atoms with van der Waals surface area (Å²) in [6.45, 7) is 5.00. The molecule has 0 aromatic rings. The minimum atomic E-state index is 0.0237. The van der Waals surface area contributed by atoms with Gasteiger partial charge in [-0.3, -0.25) is 4.79 Å². The fourth-order valence-corrected chi connectivity index (χ4v) is 3.05. The highest BCUT2D eigenvalue weighted by Gasteiger charge is 2.12. The van der Waals surface area contributed by atoms with E-state index in [0.717, 1.165) is 27.7 Å². The van der Waals surface area contributed by atoms with Gasteiger partial charge in [0.2, 0.25) is 0 Å². The van der Waals surface area contributed by atoms with Crippen molar-refractivity contribution in [1.29, 1.82) is 0 Å². The predicted octanol–water partition coefficient (Wildman–Crippen LogP) is 1.86. The first kappa shape index (κ1) is 10.4. The summed E-state index contributed by atoms with van der Waals surface area (Å²) in [6.07, 6.45) is 1.51. The molecule has 0 aromatic heterocycles. The third-order valence-corrected chi connectivity index (χ3v) is 4.22. The van der Waals surface area contributed by atoms with Crippen LogP contribution >= 0.6 is 11.5 Å². The Hall–Kier alpha value is -1.75. The first-order chi connectivity index (χ1) is 8.20. The summed E-state index contributed by atoms with van der Waals surface area (Å²) >= 11 is 1.58. The molecule has 4 nitrogen and oxygen atoms in total. The van der Waals surface area contributed by atoms with Crippen molar-refractivity contribution in [2.24, 2.45) is 0 Å². The second kappa shape index (κ2) is 3.63. The zero-order valence-corrected chi connectivity index (χ0v) is 10.4. The number of imidazole rings is 1. The van der Waals surface area contributed by atoms with Gasteiger partial charge in [-0.25, -0.2) is 9.97 Å². The van der Waals surface area contributed by atoms with Crippen LogP contribution in [0.2, 0.25) is 0 Å². The lowest BCUT2D eigenvalue weighted by molar-refractivity contribution is 0.800. The van der Waals surface area contributed by atoms with Crippen molar-refractivity contribution < 1.29 is 0 Å². The summed E-state index contributed by atoms with van der Waals surface area (Å²) in [5.74, 6) is 0. The van der Waals surface area contributed by atoms with Gasteiger partial charge in [0.25, 0.3) is 0 Å². The minimum Gasteiger partial charge on any atom is -0.302 e. The normalized spacial score (nSPS) is 11.4. The van der Waals surface area contributed by atoms with Crippen molar-refractivity contribution in [2.45, 2.75) is 20.4 Å². The number of hydrogen-bond acceptors (Lipinski definition) is 4. The van der Waals surface area contributed by atoms with E-state index >= 15 is 0 Å². The van der Waals surface area contributed by atoms with Gasteiger partial charge in [0.1, 0.15) is 12.0 Å². The molecular formula is C12H11N3OS. The lowest BCUT2D eigenvalue weighted by Gasteiger charge is -2.08. The second-order valence-corrected chi connectivity index (χ2v) is 4.96. The Kier molecular flexibility index (Phi) is 2.22. The van der Waals surface area contributed by atoms with Gasteiger partial charge in [0.05, 0.1) is 10.2 Å². The zero-order chi connectivity index (χ0) is 12.0. The molecule has 0 saturated heterocycles. The molecule has 2 heterocycles. The molecule has 0 N–H and O–H groups in total. The Labute approximate surface area is 102 Å². The molecule has 86 valence electrons. The van der Waals surface area contributed by atoms with Crippen LogP contribution in [0.25, 0.3) is 11.4 Å². The molecule has 0 amide bonds. The minimum absolute atomic E-state index is 0.0237. The van der Waals surface area contributed by atoms with Crippen LogP contribution in [0.1, 0.15) is 12.6 Å². The first-order valence-corrected chi connectivity index (χ1v) is 6.23. The van der Waals surface area contributed by atoms with Crippen molar-refractivity contribution in [1.82, 2.24) is 13.9 Å². The maximum atomic E-state index is 12.0. The predicted molar refractivity (Wildman–Crippen MR) is 66.5 cm³/mol. The second-order valence-electron chi connectivity index (χ2n) is 3.93. The molecule has 0 bridgehead atoms. The lowest BCUT2D eigenvalue weighted by Crippen LogP contribution is -2.07. The molecule has 0 radical (unpaired) electrons.